The molecule has 1 atom stereocenters. The van der Waals surface area contributed by atoms with Crippen LogP contribution in [0.25, 0.3) is 11.1 Å². The fourth-order valence-electron chi connectivity index (χ4n) is 3.75. The summed E-state index contributed by atoms with van der Waals surface area (Å²) in [7, 11) is 0. The lowest BCUT2D eigenvalue weighted by molar-refractivity contribution is 0.0703. The molecule has 0 aliphatic carbocycles. The van der Waals surface area contributed by atoms with Gasteiger partial charge < -0.3 is 10.2 Å². The van der Waals surface area contributed by atoms with Crippen molar-refractivity contribution >= 4 is 29.1 Å². The van der Waals surface area contributed by atoms with Gasteiger partial charge in [-0.1, -0.05) is 77.8 Å². The van der Waals surface area contributed by atoms with E-state index in [0.29, 0.717) is 28.7 Å². The Hall–Kier alpha value is -2.33. The minimum atomic E-state index is 0.0632. The van der Waals surface area contributed by atoms with Crippen molar-refractivity contribution < 1.29 is 4.79 Å². The molecule has 0 spiro atoms. The number of carbonyl (C=O) groups excluding carboxylic acids is 1. The van der Waals surface area contributed by atoms with Gasteiger partial charge in [-0.15, -0.1) is 0 Å². The molecule has 148 valence electrons. The molecule has 0 bridgehead atoms. The summed E-state index contributed by atoms with van der Waals surface area (Å²) in [5.41, 5.74) is 3.77. The fraction of sp³-hybridized carbons (Fsp3) is 0.208. The molecule has 1 aliphatic rings. The van der Waals surface area contributed by atoms with Crippen molar-refractivity contribution in [3.05, 3.63) is 94.0 Å². The van der Waals surface area contributed by atoms with Crippen molar-refractivity contribution in [2.24, 2.45) is 0 Å². The van der Waals surface area contributed by atoms with E-state index in [-0.39, 0.29) is 11.9 Å². The van der Waals surface area contributed by atoms with Crippen LogP contribution in [0.1, 0.15) is 15.9 Å². The molecule has 1 amide bonds. The second-order valence-corrected chi connectivity index (χ2v) is 8.06. The van der Waals surface area contributed by atoms with Gasteiger partial charge in [-0.3, -0.25) is 4.79 Å². The van der Waals surface area contributed by atoms with Crippen molar-refractivity contribution in [2.75, 3.05) is 19.6 Å². The number of piperazine rings is 1. The van der Waals surface area contributed by atoms with Crippen LogP contribution in [-0.2, 0) is 6.42 Å². The van der Waals surface area contributed by atoms with Crippen LogP contribution < -0.4 is 5.32 Å². The van der Waals surface area contributed by atoms with Crippen LogP contribution >= 0.6 is 23.2 Å². The number of benzene rings is 3. The second-order valence-electron chi connectivity index (χ2n) is 7.27. The molecular formula is C24H22Cl2N2O. The Morgan fingerprint density at radius 2 is 1.72 bits per heavy atom. The lowest BCUT2D eigenvalue weighted by Crippen LogP contribution is -2.53. The minimum Gasteiger partial charge on any atom is -0.336 e. The average molecular weight is 425 g/mol. The van der Waals surface area contributed by atoms with E-state index in [1.165, 1.54) is 5.56 Å². The van der Waals surface area contributed by atoms with E-state index in [2.05, 4.69) is 29.6 Å². The van der Waals surface area contributed by atoms with Crippen LogP contribution in [-0.4, -0.2) is 36.5 Å². The van der Waals surface area contributed by atoms with Crippen LogP contribution in [0.5, 0.6) is 0 Å². The highest BCUT2D eigenvalue weighted by Crippen LogP contribution is 2.33. The summed E-state index contributed by atoms with van der Waals surface area (Å²) in [5.74, 6) is 0.0632. The molecule has 0 saturated carbocycles. The Morgan fingerprint density at radius 3 is 2.48 bits per heavy atom. The van der Waals surface area contributed by atoms with Gasteiger partial charge in [0.1, 0.15) is 0 Å². The highest BCUT2D eigenvalue weighted by molar-refractivity contribution is 6.43. The van der Waals surface area contributed by atoms with Crippen LogP contribution in [0, 0.1) is 0 Å². The van der Waals surface area contributed by atoms with E-state index >= 15 is 0 Å². The first-order chi connectivity index (χ1) is 14.1. The predicted molar refractivity (Wildman–Crippen MR) is 120 cm³/mol. The van der Waals surface area contributed by atoms with Gasteiger partial charge in [-0.2, -0.15) is 0 Å². The zero-order valence-electron chi connectivity index (χ0n) is 15.9. The lowest BCUT2D eigenvalue weighted by Gasteiger charge is -2.34. The topological polar surface area (TPSA) is 32.3 Å². The number of nitrogens with one attached hydrogen (secondary N) is 1. The van der Waals surface area contributed by atoms with E-state index in [1.807, 2.05) is 47.4 Å². The van der Waals surface area contributed by atoms with Gasteiger partial charge in [-0.05, 0) is 35.7 Å². The smallest absolute Gasteiger partial charge is 0.253 e. The number of hydrogen-bond donors (Lipinski definition) is 1. The molecule has 1 fully saturated rings. The first-order valence-corrected chi connectivity index (χ1v) is 10.5. The number of carbonyl (C=O) groups is 1. The molecule has 29 heavy (non-hydrogen) atoms. The largest absolute Gasteiger partial charge is 0.336 e. The predicted octanol–water partition coefficient (Wildman–Crippen LogP) is 5.32. The molecule has 0 unspecified atom stereocenters. The van der Waals surface area contributed by atoms with Crippen LogP contribution in [0.15, 0.2) is 72.8 Å². The molecule has 5 heteroatoms. The van der Waals surface area contributed by atoms with E-state index < -0.39 is 0 Å². The Kier molecular flexibility index (Phi) is 6.19. The number of hydrogen-bond acceptors (Lipinski definition) is 2. The standard InChI is InChI=1S/C24H22Cl2N2O/c25-22-8-4-7-21(23(22)26)18-9-11-19(12-10-18)24(29)28-14-13-27-20(16-28)15-17-5-2-1-3-6-17/h1-12,20,27H,13-16H2/t20-/m0/s1. The minimum absolute atomic E-state index is 0.0632. The molecule has 0 radical (unpaired) electrons. The number of amides is 1. The number of rotatable bonds is 4. The Labute approximate surface area is 181 Å². The Morgan fingerprint density at radius 1 is 0.966 bits per heavy atom. The van der Waals surface area contributed by atoms with Gasteiger partial charge in [-0.25, -0.2) is 0 Å². The summed E-state index contributed by atoms with van der Waals surface area (Å²) in [6.45, 7) is 2.22. The van der Waals surface area contributed by atoms with Crippen LogP contribution in [0.4, 0.5) is 0 Å². The third-order valence-electron chi connectivity index (χ3n) is 5.26. The summed E-state index contributed by atoms with van der Waals surface area (Å²) in [6.07, 6.45) is 0.914. The van der Waals surface area contributed by atoms with Crippen molar-refractivity contribution in [1.29, 1.82) is 0 Å². The van der Waals surface area contributed by atoms with E-state index in [1.54, 1.807) is 6.07 Å². The average Bonchev–Trinajstić information content (AvgIpc) is 2.76. The lowest BCUT2D eigenvalue weighted by atomic mass is 10.0. The Balaban J connectivity index is 1.45. The van der Waals surface area contributed by atoms with E-state index in [0.717, 1.165) is 24.1 Å². The van der Waals surface area contributed by atoms with Crippen molar-refractivity contribution in [3.8, 4) is 11.1 Å². The summed E-state index contributed by atoms with van der Waals surface area (Å²) in [4.78, 5) is 15.0. The highest BCUT2D eigenvalue weighted by Gasteiger charge is 2.24. The molecule has 1 aliphatic heterocycles. The summed E-state index contributed by atoms with van der Waals surface area (Å²) in [5, 5.41) is 4.57. The highest BCUT2D eigenvalue weighted by atomic mass is 35.5. The first kappa shape index (κ1) is 20.0. The maximum Gasteiger partial charge on any atom is 0.253 e. The van der Waals surface area contributed by atoms with Gasteiger partial charge in [0.25, 0.3) is 5.91 Å². The Bertz CT molecular complexity index is 990. The van der Waals surface area contributed by atoms with Crippen molar-refractivity contribution in [1.82, 2.24) is 10.2 Å². The molecule has 1 heterocycles. The normalized spacial score (nSPS) is 16.6. The maximum atomic E-state index is 13.0. The summed E-state index contributed by atoms with van der Waals surface area (Å²) in [6, 6.07) is 23.8. The number of nitrogens with zero attached hydrogens (tertiary/aromatic N) is 1. The van der Waals surface area contributed by atoms with Gasteiger partial charge in [0, 0.05) is 36.8 Å². The third-order valence-corrected chi connectivity index (χ3v) is 6.08. The quantitative estimate of drug-likeness (QED) is 0.614. The maximum absolute atomic E-state index is 13.0. The zero-order valence-corrected chi connectivity index (χ0v) is 17.5. The van der Waals surface area contributed by atoms with Gasteiger partial charge in [0.2, 0.25) is 0 Å². The van der Waals surface area contributed by atoms with Gasteiger partial charge in [0.05, 0.1) is 10.0 Å². The monoisotopic (exact) mass is 424 g/mol. The molecule has 3 nitrogen and oxygen atoms in total. The van der Waals surface area contributed by atoms with Crippen molar-refractivity contribution in [2.45, 2.75) is 12.5 Å². The molecule has 4 rings (SSSR count). The van der Waals surface area contributed by atoms with E-state index in [9.17, 15) is 4.79 Å². The van der Waals surface area contributed by atoms with Crippen molar-refractivity contribution in [3.63, 3.8) is 0 Å². The molecule has 3 aromatic rings. The van der Waals surface area contributed by atoms with Crippen LogP contribution in [0.2, 0.25) is 10.0 Å². The molecule has 0 aromatic heterocycles. The van der Waals surface area contributed by atoms with Gasteiger partial charge >= 0.3 is 0 Å². The summed E-state index contributed by atoms with van der Waals surface area (Å²) < 4.78 is 0. The second kappa shape index (κ2) is 9.00. The number of halogens is 2. The van der Waals surface area contributed by atoms with E-state index in [4.69, 9.17) is 23.2 Å². The van der Waals surface area contributed by atoms with Crippen LogP contribution in [0.3, 0.4) is 0 Å². The molecule has 1 N–H and O–H groups in total. The molecule has 1 saturated heterocycles. The summed E-state index contributed by atoms with van der Waals surface area (Å²) >= 11 is 12.4. The first-order valence-electron chi connectivity index (χ1n) is 9.73. The third kappa shape index (κ3) is 4.64. The molecule has 3 aromatic carbocycles. The molecular weight excluding hydrogens is 403 g/mol. The SMILES string of the molecule is O=C(c1ccc(-c2cccc(Cl)c2Cl)cc1)N1CCN[C@@H](Cc2ccccc2)C1. The van der Waals surface area contributed by atoms with Gasteiger partial charge in [0.15, 0.2) is 0 Å². The fourth-order valence-corrected chi connectivity index (χ4v) is 4.16. The zero-order chi connectivity index (χ0) is 20.2.